The second kappa shape index (κ2) is 3.30. The van der Waals surface area contributed by atoms with Crippen molar-refractivity contribution in [2.75, 3.05) is 0 Å². The first-order valence-electron chi connectivity index (χ1n) is 4.55. The van der Waals surface area contributed by atoms with Gasteiger partial charge in [-0.15, -0.1) is 0 Å². The minimum Gasteiger partial charge on any atom is -0.0613 e. The number of aryl methyl sites for hydroxylation is 1. The summed E-state index contributed by atoms with van der Waals surface area (Å²) in [6.07, 6.45) is 1.11. The molecule has 0 fully saturated rings. The molecule has 0 saturated heterocycles. The molecule has 0 unspecified atom stereocenters. The molecular weight excluding hydrogens is 144 g/mol. The Kier molecular flexibility index (Phi) is 2.56. The van der Waals surface area contributed by atoms with Gasteiger partial charge in [0.25, 0.3) is 0 Å². The highest BCUT2D eigenvalue weighted by atomic mass is 14.2. The average molecular weight is 161 g/mol. The largest absolute Gasteiger partial charge is 0.0613 e. The van der Waals surface area contributed by atoms with Gasteiger partial charge in [0, 0.05) is 0 Å². The van der Waals surface area contributed by atoms with Gasteiger partial charge in [0.15, 0.2) is 0 Å². The van der Waals surface area contributed by atoms with E-state index in [1.54, 1.807) is 0 Å². The Morgan fingerprint density at radius 2 is 2.00 bits per heavy atom. The summed E-state index contributed by atoms with van der Waals surface area (Å²) in [5.74, 6) is 0. The second-order valence-corrected chi connectivity index (χ2v) is 4.19. The minimum atomic E-state index is 0.253. The van der Waals surface area contributed by atoms with Gasteiger partial charge >= 0.3 is 0 Å². The lowest BCUT2D eigenvalue weighted by Gasteiger charge is -2.22. The first kappa shape index (κ1) is 9.31. The van der Waals surface area contributed by atoms with Crippen LogP contribution in [0.3, 0.4) is 0 Å². The van der Waals surface area contributed by atoms with Gasteiger partial charge in [-0.25, -0.2) is 0 Å². The second-order valence-electron chi connectivity index (χ2n) is 4.19. The average Bonchev–Trinajstić information content (AvgIpc) is 2.03. The van der Waals surface area contributed by atoms with Crippen LogP contribution >= 0.6 is 0 Å². The molecule has 0 spiro atoms. The molecule has 1 aromatic rings. The van der Waals surface area contributed by atoms with E-state index in [9.17, 15) is 0 Å². The van der Waals surface area contributed by atoms with Crippen molar-refractivity contribution in [2.24, 2.45) is 0 Å². The summed E-state index contributed by atoms with van der Waals surface area (Å²) in [5, 5.41) is 0. The summed E-state index contributed by atoms with van der Waals surface area (Å²) in [4.78, 5) is 0. The van der Waals surface area contributed by atoms with Gasteiger partial charge in [0.1, 0.15) is 0 Å². The van der Waals surface area contributed by atoms with Gasteiger partial charge in [-0.1, -0.05) is 45.9 Å². The van der Waals surface area contributed by atoms with E-state index in [1.165, 1.54) is 11.1 Å². The Morgan fingerprint density at radius 3 is 2.42 bits per heavy atom. The van der Waals surface area contributed by atoms with Crippen molar-refractivity contribution in [1.82, 2.24) is 0 Å². The maximum absolute atomic E-state index is 3.14. The fourth-order valence-electron chi connectivity index (χ4n) is 1.47. The van der Waals surface area contributed by atoms with Crippen LogP contribution in [0.2, 0.25) is 0 Å². The number of benzene rings is 1. The van der Waals surface area contributed by atoms with Gasteiger partial charge in [0.2, 0.25) is 0 Å². The first-order valence-corrected chi connectivity index (χ1v) is 4.55. The SMILES string of the molecule is CCc1cc[c]cc1C(C)(C)C. The van der Waals surface area contributed by atoms with Crippen LogP contribution in [-0.2, 0) is 11.8 Å². The van der Waals surface area contributed by atoms with E-state index in [1.807, 2.05) is 6.07 Å². The van der Waals surface area contributed by atoms with E-state index in [0.29, 0.717) is 0 Å². The van der Waals surface area contributed by atoms with Crippen LogP contribution in [0.25, 0.3) is 0 Å². The molecule has 0 aliphatic rings. The smallest absolute Gasteiger partial charge is 0.0129 e. The molecule has 0 bridgehead atoms. The highest BCUT2D eigenvalue weighted by molar-refractivity contribution is 5.32. The van der Waals surface area contributed by atoms with Gasteiger partial charge in [-0.2, -0.15) is 0 Å². The lowest BCUT2D eigenvalue weighted by atomic mass is 9.83. The van der Waals surface area contributed by atoms with Crippen LogP contribution in [-0.4, -0.2) is 0 Å². The molecule has 0 aliphatic heterocycles. The molecule has 1 radical (unpaired) electrons. The van der Waals surface area contributed by atoms with E-state index in [0.717, 1.165) is 6.42 Å². The van der Waals surface area contributed by atoms with Gasteiger partial charge in [0.05, 0.1) is 0 Å². The lowest BCUT2D eigenvalue weighted by Crippen LogP contribution is -2.13. The molecule has 12 heavy (non-hydrogen) atoms. The zero-order chi connectivity index (χ0) is 9.19. The van der Waals surface area contributed by atoms with E-state index < -0.39 is 0 Å². The summed E-state index contributed by atoms with van der Waals surface area (Å²) in [6.45, 7) is 8.94. The number of hydrogen-bond acceptors (Lipinski definition) is 0. The molecule has 65 valence electrons. The Bertz CT molecular complexity index is 253. The Labute approximate surface area is 75.6 Å². The summed E-state index contributed by atoms with van der Waals surface area (Å²) in [7, 11) is 0. The van der Waals surface area contributed by atoms with Crippen LogP contribution in [0, 0.1) is 6.07 Å². The van der Waals surface area contributed by atoms with Crippen LogP contribution in [0.4, 0.5) is 0 Å². The van der Waals surface area contributed by atoms with Crippen molar-refractivity contribution in [3.8, 4) is 0 Å². The molecule has 0 nitrogen and oxygen atoms in total. The van der Waals surface area contributed by atoms with E-state index >= 15 is 0 Å². The van der Waals surface area contributed by atoms with Gasteiger partial charge in [-0.3, -0.25) is 0 Å². The van der Waals surface area contributed by atoms with E-state index in [-0.39, 0.29) is 5.41 Å². The predicted octanol–water partition coefficient (Wildman–Crippen LogP) is 3.35. The molecular formula is C12H17. The molecule has 0 aromatic heterocycles. The Morgan fingerprint density at radius 1 is 1.33 bits per heavy atom. The van der Waals surface area contributed by atoms with Crippen LogP contribution in [0.1, 0.15) is 38.8 Å². The van der Waals surface area contributed by atoms with Crippen molar-refractivity contribution < 1.29 is 0 Å². The Hall–Kier alpha value is -0.780. The monoisotopic (exact) mass is 161 g/mol. The summed E-state index contributed by atoms with van der Waals surface area (Å²) < 4.78 is 0. The Balaban J connectivity index is 3.14. The van der Waals surface area contributed by atoms with E-state index in [4.69, 9.17) is 0 Å². The molecule has 0 N–H and O–H groups in total. The predicted molar refractivity (Wildman–Crippen MR) is 53.4 cm³/mol. The van der Waals surface area contributed by atoms with Crippen molar-refractivity contribution in [3.63, 3.8) is 0 Å². The molecule has 0 heteroatoms. The minimum absolute atomic E-state index is 0.253. The van der Waals surface area contributed by atoms with Gasteiger partial charge in [-0.05, 0) is 29.0 Å². The molecule has 1 rings (SSSR count). The normalized spacial score (nSPS) is 11.7. The highest BCUT2D eigenvalue weighted by Gasteiger charge is 2.15. The summed E-state index contributed by atoms with van der Waals surface area (Å²) in [5.41, 5.74) is 3.12. The molecule has 0 atom stereocenters. The maximum atomic E-state index is 3.14. The third-order valence-corrected chi connectivity index (χ3v) is 2.14. The molecule has 1 aromatic carbocycles. The summed E-state index contributed by atoms with van der Waals surface area (Å²) in [6, 6.07) is 9.41. The van der Waals surface area contributed by atoms with Crippen molar-refractivity contribution in [3.05, 3.63) is 35.4 Å². The highest BCUT2D eigenvalue weighted by Crippen LogP contribution is 2.25. The fourth-order valence-corrected chi connectivity index (χ4v) is 1.47. The zero-order valence-corrected chi connectivity index (χ0v) is 8.44. The van der Waals surface area contributed by atoms with Crippen LogP contribution in [0.5, 0.6) is 0 Å². The number of hydrogen-bond donors (Lipinski definition) is 0. The topological polar surface area (TPSA) is 0 Å². The van der Waals surface area contributed by atoms with Crippen LogP contribution < -0.4 is 0 Å². The lowest BCUT2D eigenvalue weighted by molar-refractivity contribution is 0.583. The van der Waals surface area contributed by atoms with Crippen molar-refractivity contribution in [2.45, 2.75) is 39.5 Å². The van der Waals surface area contributed by atoms with Crippen molar-refractivity contribution >= 4 is 0 Å². The van der Waals surface area contributed by atoms with Gasteiger partial charge < -0.3 is 0 Å². The molecule has 0 amide bonds. The van der Waals surface area contributed by atoms with Crippen molar-refractivity contribution in [1.29, 1.82) is 0 Å². The summed E-state index contributed by atoms with van der Waals surface area (Å²) >= 11 is 0. The van der Waals surface area contributed by atoms with Crippen LogP contribution in [0.15, 0.2) is 18.2 Å². The molecule has 0 saturated carbocycles. The quantitative estimate of drug-likeness (QED) is 0.592. The van der Waals surface area contributed by atoms with E-state index in [2.05, 4.69) is 45.9 Å². The first-order chi connectivity index (χ1) is 5.55. The molecule has 0 aliphatic carbocycles. The fraction of sp³-hybridized carbons (Fsp3) is 0.500. The molecule has 0 heterocycles. The standard InChI is InChI=1S/C12H17/c1-5-10-8-6-7-9-11(10)12(2,3)4/h6,8-9H,5H2,1-4H3. The third-order valence-electron chi connectivity index (χ3n) is 2.14. The zero-order valence-electron chi connectivity index (χ0n) is 8.44. The number of rotatable bonds is 1. The maximum Gasteiger partial charge on any atom is -0.0129 e. The third kappa shape index (κ3) is 1.88.